The summed E-state index contributed by atoms with van der Waals surface area (Å²) >= 11 is 11.8. The minimum absolute atomic E-state index is 0.728. The first-order valence-corrected chi connectivity index (χ1v) is 8.69. The summed E-state index contributed by atoms with van der Waals surface area (Å²) in [5.41, 5.74) is 2.16. The van der Waals surface area contributed by atoms with Gasteiger partial charge in [0.05, 0.1) is 26.4 Å². The van der Waals surface area contributed by atoms with E-state index in [1.165, 1.54) is 0 Å². The van der Waals surface area contributed by atoms with Gasteiger partial charge in [0.2, 0.25) is 0 Å². The van der Waals surface area contributed by atoms with Crippen molar-refractivity contribution in [2.75, 3.05) is 52.6 Å². The number of thiocarbonyl (C=S) groups is 1. The van der Waals surface area contributed by atoms with E-state index >= 15 is 0 Å². The topological polar surface area (TPSA) is 24.9 Å². The fourth-order valence-electron chi connectivity index (χ4n) is 2.71. The number of benzene rings is 1. The number of ether oxygens (including phenoxy) is 2. The van der Waals surface area contributed by atoms with Gasteiger partial charge in [0.25, 0.3) is 0 Å². The van der Waals surface area contributed by atoms with Gasteiger partial charge in [-0.15, -0.1) is 0 Å². The molecule has 0 unspecified atom stereocenters. The molecule has 2 aliphatic heterocycles. The van der Waals surface area contributed by atoms with E-state index in [2.05, 4.69) is 16.0 Å². The Labute approximate surface area is 147 Å². The molecule has 4 nitrogen and oxygen atoms in total. The third kappa shape index (κ3) is 4.44. The monoisotopic (exact) mass is 352 g/mol. The maximum Gasteiger partial charge on any atom is 0.111 e. The van der Waals surface area contributed by atoms with E-state index in [9.17, 15) is 0 Å². The van der Waals surface area contributed by atoms with Gasteiger partial charge >= 0.3 is 0 Å². The molecule has 0 aliphatic carbocycles. The van der Waals surface area contributed by atoms with Crippen LogP contribution in [0.5, 0.6) is 0 Å². The second kappa shape index (κ2) is 8.11. The summed E-state index contributed by atoms with van der Waals surface area (Å²) in [7, 11) is 0. The number of rotatable bonds is 3. The van der Waals surface area contributed by atoms with Gasteiger partial charge in [-0.3, -0.25) is 0 Å². The Balaban J connectivity index is 1.86. The van der Waals surface area contributed by atoms with Gasteiger partial charge in [-0.25, -0.2) is 0 Å². The van der Waals surface area contributed by atoms with Crippen LogP contribution in [0.4, 0.5) is 0 Å². The Kier molecular flexibility index (Phi) is 5.89. The Morgan fingerprint density at radius 3 is 2.13 bits per heavy atom. The van der Waals surface area contributed by atoms with Crippen molar-refractivity contribution in [2.24, 2.45) is 0 Å². The van der Waals surface area contributed by atoms with Crippen LogP contribution in [0.25, 0.3) is 5.57 Å². The summed E-state index contributed by atoms with van der Waals surface area (Å²) in [6, 6.07) is 7.88. The minimum Gasteiger partial charge on any atom is -0.378 e. The van der Waals surface area contributed by atoms with Crippen LogP contribution in [0.15, 0.2) is 30.5 Å². The zero-order chi connectivity index (χ0) is 16.1. The van der Waals surface area contributed by atoms with Gasteiger partial charge in [0.1, 0.15) is 4.99 Å². The van der Waals surface area contributed by atoms with E-state index < -0.39 is 0 Å². The van der Waals surface area contributed by atoms with Gasteiger partial charge < -0.3 is 19.3 Å². The SMILES string of the molecule is S=C(C(=CN1CCOCC1)c1ccc(Cl)cc1)N1CCOCC1. The summed E-state index contributed by atoms with van der Waals surface area (Å²) < 4.78 is 10.9. The third-order valence-electron chi connectivity index (χ3n) is 4.04. The first-order valence-electron chi connectivity index (χ1n) is 7.90. The second-order valence-corrected chi connectivity index (χ2v) is 6.43. The summed E-state index contributed by atoms with van der Waals surface area (Å²) in [5, 5.41) is 0.733. The van der Waals surface area contributed by atoms with Crippen molar-refractivity contribution in [2.45, 2.75) is 0 Å². The molecule has 1 aromatic rings. The van der Waals surface area contributed by atoms with Crippen molar-refractivity contribution in [1.29, 1.82) is 0 Å². The summed E-state index contributed by atoms with van der Waals surface area (Å²) in [6.45, 7) is 6.44. The lowest BCUT2D eigenvalue weighted by Gasteiger charge is -2.32. The molecule has 1 aromatic carbocycles. The normalized spacial score (nSPS) is 19.8. The van der Waals surface area contributed by atoms with Crippen LogP contribution in [-0.4, -0.2) is 67.4 Å². The molecule has 2 fully saturated rings. The molecule has 3 rings (SSSR count). The van der Waals surface area contributed by atoms with Crippen LogP contribution in [0, 0.1) is 0 Å². The molecule has 23 heavy (non-hydrogen) atoms. The Morgan fingerprint density at radius 2 is 1.52 bits per heavy atom. The minimum atomic E-state index is 0.728. The zero-order valence-electron chi connectivity index (χ0n) is 13.0. The van der Waals surface area contributed by atoms with Gasteiger partial charge in [-0.2, -0.15) is 0 Å². The lowest BCUT2D eigenvalue weighted by Crippen LogP contribution is -2.41. The van der Waals surface area contributed by atoms with Crippen molar-refractivity contribution in [3.8, 4) is 0 Å². The van der Waals surface area contributed by atoms with Crippen molar-refractivity contribution in [3.63, 3.8) is 0 Å². The van der Waals surface area contributed by atoms with Crippen LogP contribution in [-0.2, 0) is 9.47 Å². The van der Waals surface area contributed by atoms with Crippen molar-refractivity contribution < 1.29 is 9.47 Å². The van der Waals surface area contributed by atoms with E-state index in [1.807, 2.05) is 24.3 Å². The molecule has 2 heterocycles. The molecular weight excluding hydrogens is 332 g/mol. The molecule has 0 bridgehead atoms. The summed E-state index contributed by atoms with van der Waals surface area (Å²) in [6.07, 6.45) is 2.17. The number of halogens is 1. The molecule has 0 radical (unpaired) electrons. The number of hydrogen-bond acceptors (Lipinski definition) is 4. The molecule has 0 aromatic heterocycles. The second-order valence-electron chi connectivity index (χ2n) is 5.60. The molecule has 2 aliphatic rings. The largest absolute Gasteiger partial charge is 0.378 e. The fourth-order valence-corrected chi connectivity index (χ4v) is 3.19. The van der Waals surface area contributed by atoms with Crippen molar-refractivity contribution >= 4 is 34.4 Å². The third-order valence-corrected chi connectivity index (χ3v) is 4.77. The van der Waals surface area contributed by atoms with Crippen LogP contribution >= 0.6 is 23.8 Å². The highest BCUT2D eigenvalue weighted by molar-refractivity contribution is 7.81. The van der Waals surface area contributed by atoms with Crippen LogP contribution in [0.3, 0.4) is 0 Å². The molecular formula is C17H21ClN2O2S. The molecule has 0 saturated carbocycles. The maximum absolute atomic E-state index is 6.03. The molecule has 0 N–H and O–H groups in total. The average molecular weight is 353 g/mol. The molecule has 0 spiro atoms. The smallest absolute Gasteiger partial charge is 0.111 e. The first-order chi connectivity index (χ1) is 11.2. The molecule has 6 heteroatoms. The number of morpholine rings is 2. The van der Waals surface area contributed by atoms with E-state index in [0.29, 0.717) is 0 Å². The highest BCUT2D eigenvalue weighted by atomic mass is 35.5. The highest BCUT2D eigenvalue weighted by Gasteiger charge is 2.20. The van der Waals surface area contributed by atoms with Gasteiger partial charge in [-0.05, 0) is 17.7 Å². The molecule has 124 valence electrons. The molecule has 0 atom stereocenters. The predicted molar refractivity (Wildman–Crippen MR) is 96.8 cm³/mol. The lowest BCUT2D eigenvalue weighted by atomic mass is 10.1. The Hall–Kier alpha value is -1.14. The van der Waals surface area contributed by atoms with E-state index in [0.717, 1.165) is 73.8 Å². The predicted octanol–water partition coefficient (Wildman–Crippen LogP) is 2.67. The lowest BCUT2D eigenvalue weighted by molar-refractivity contribution is 0.0595. The zero-order valence-corrected chi connectivity index (χ0v) is 14.6. The van der Waals surface area contributed by atoms with Crippen LogP contribution in [0.2, 0.25) is 5.02 Å². The quantitative estimate of drug-likeness (QED) is 0.615. The van der Waals surface area contributed by atoms with Gasteiger partial charge in [0.15, 0.2) is 0 Å². The Bertz CT molecular complexity index is 564. The fraction of sp³-hybridized carbons (Fsp3) is 0.471. The van der Waals surface area contributed by atoms with Crippen molar-refractivity contribution in [1.82, 2.24) is 9.80 Å². The molecule has 2 saturated heterocycles. The van der Waals surface area contributed by atoms with Gasteiger partial charge in [-0.1, -0.05) is 36.0 Å². The average Bonchev–Trinajstić information content (AvgIpc) is 2.62. The molecule has 0 amide bonds. The highest BCUT2D eigenvalue weighted by Crippen LogP contribution is 2.23. The Morgan fingerprint density at radius 1 is 0.957 bits per heavy atom. The standard InChI is InChI=1S/C17H21ClN2O2S/c18-15-3-1-14(2-4-15)16(13-19-5-9-21-10-6-19)17(23)20-7-11-22-12-8-20/h1-4,13H,5-12H2. The van der Waals surface area contributed by atoms with E-state index in [1.54, 1.807) is 0 Å². The summed E-state index contributed by atoms with van der Waals surface area (Å²) in [4.78, 5) is 5.38. The van der Waals surface area contributed by atoms with Crippen LogP contribution in [0.1, 0.15) is 5.56 Å². The number of hydrogen-bond donors (Lipinski definition) is 0. The maximum atomic E-state index is 6.03. The van der Waals surface area contributed by atoms with Crippen molar-refractivity contribution in [3.05, 3.63) is 41.1 Å². The first kappa shape index (κ1) is 16.7. The van der Waals surface area contributed by atoms with E-state index in [4.69, 9.17) is 33.3 Å². The number of nitrogens with zero attached hydrogens (tertiary/aromatic N) is 2. The van der Waals surface area contributed by atoms with E-state index in [-0.39, 0.29) is 0 Å². The summed E-state index contributed by atoms with van der Waals surface area (Å²) in [5.74, 6) is 0. The van der Waals surface area contributed by atoms with Crippen LogP contribution < -0.4 is 0 Å². The van der Waals surface area contributed by atoms with Gasteiger partial charge in [0, 0.05) is 43.0 Å².